The number of ether oxygens (including phenoxy) is 1. The zero-order chi connectivity index (χ0) is 17.1. The summed E-state index contributed by atoms with van der Waals surface area (Å²) in [4.78, 5) is 24.9. The van der Waals surface area contributed by atoms with E-state index in [0.29, 0.717) is 19.7 Å². The lowest BCUT2D eigenvalue weighted by Crippen LogP contribution is -2.43. The quantitative estimate of drug-likeness (QED) is 0.839. The number of morpholine rings is 1. The Morgan fingerprint density at radius 2 is 2.25 bits per heavy atom. The van der Waals surface area contributed by atoms with Gasteiger partial charge in [0.05, 0.1) is 19.3 Å². The second kappa shape index (κ2) is 7.10. The van der Waals surface area contributed by atoms with Crippen molar-refractivity contribution in [1.82, 2.24) is 19.9 Å². The number of hydrogen-bond acceptors (Lipinski definition) is 5. The number of carboxylic acid groups (broad SMARTS) is 1. The SMILES string of the molecule is O=C(O)c1cn(CC(=O)N2CCOC(c3cccc(Br)c3)C2)nn1. The number of carboxylic acids is 1. The summed E-state index contributed by atoms with van der Waals surface area (Å²) in [7, 11) is 0. The van der Waals surface area contributed by atoms with E-state index >= 15 is 0 Å². The first-order valence-electron chi connectivity index (χ1n) is 7.31. The molecule has 1 fully saturated rings. The van der Waals surface area contributed by atoms with Crippen molar-refractivity contribution in [2.45, 2.75) is 12.6 Å². The van der Waals surface area contributed by atoms with Gasteiger partial charge in [-0.25, -0.2) is 9.48 Å². The molecule has 126 valence electrons. The van der Waals surface area contributed by atoms with E-state index in [-0.39, 0.29) is 24.2 Å². The lowest BCUT2D eigenvalue weighted by atomic mass is 10.1. The number of aromatic carboxylic acids is 1. The van der Waals surface area contributed by atoms with Gasteiger partial charge in [0.2, 0.25) is 5.91 Å². The second-order valence-corrected chi connectivity index (χ2v) is 6.28. The number of hydrogen-bond donors (Lipinski definition) is 1. The van der Waals surface area contributed by atoms with E-state index in [1.165, 1.54) is 10.9 Å². The summed E-state index contributed by atoms with van der Waals surface area (Å²) in [5.41, 5.74) is 0.813. The van der Waals surface area contributed by atoms with Gasteiger partial charge in [0.1, 0.15) is 12.6 Å². The van der Waals surface area contributed by atoms with Crippen LogP contribution in [0.5, 0.6) is 0 Å². The highest BCUT2D eigenvalue weighted by Gasteiger charge is 2.26. The molecule has 2 heterocycles. The van der Waals surface area contributed by atoms with Crippen LogP contribution >= 0.6 is 15.9 Å². The Balaban J connectivity index is 1.65. The highest BCUT2D eigenvalue weighted by atomic mass is 79.9. The molecular weight excluding hydrogens is 380 g/mol. The maximum atomic E-state index is 12.4. The van der Waals surface area contributed by atoms with Gasteiger partial charge in [-0.05, 0) is 17.7 Å². The van der Waals surface area contributed by atoms with Crippen LogP contribution in [0, 0.1) is 0 Å². The van der Waals surface area contributed by atoms with Crippen LogP contribution in [0.1, 0.15) is 22.2 Å². The number of aromatic nitrogens is 3. The molecule has 24 heavy (non-hydrogen) atoms. The van der Waals surface area contributed by atoms with Gasteiger partial charge in [-0.2, -0.15) is 0 Å². The molecule has 3 rings (SSSR count). The smallest absolute Gasteiger partial charge is 0.358 e. The fourth-order valence-corrected chi connectivity index (χ4v) is 2.91. The topological polar surface area (TPSA) is 97.5 Å². The Morgan fingerprint density at radius 1 is 1.42 bits per heavy atom. The fourth-order valence-electron chi connectivity index (χ4n) is 2.50. The summed E-state index contributed by atoms with van der Waals surface area (Å²) >= 11 is 3.43. The molecule has 1 unspecified atom stereocenters. The first-order valence-corrected chi connectivity index (χ1v) is 8.10. The summed E-state index contributed by atoms with van der Waals surface area (Å²) < 4.78 is 7.94. The molecule has 9 heteroatoms. The minimum absolute atomic E-state index is 0.0501. The van der Waals surface area contributed by atoms with E-state index in [2.05, 4.69) is 26.2 Å². The van der Waals surface area contributed by atoms with Crippen LogP contribution in [0.2, 0.25) is 0 Å². The van der Waals surface area contributed by atoms with Crippen LogP contribution in [-0.4, -0.2) is 56.6 Å². The van der Waals surface area contributed by atoms with Crippen LogP contribution < -0.4 is 0 Å². The molecule has 2 aromatic rings. The summed E-state index contributed by atoms with van der Waals surface area (Å²) in [6, 6.07) is 7.78. The monoisotopic (exact) mass is 394 g/mol. The van der Waals surface area contributed by atoms with Gasteiger partial charge in [0, 0.05) is 11.0 Å². The Kier molecular flexibility index (Phi) is 4.91. The Labute approximate surface area is 146 Å². The summed E-state index contributed by atoms with van der Waals surface area (Å²) in [6.07, 6.45) is 1.05. The van der Waals surface area contributed by atoms with E-state index < -0.39 is 5.97 Å². The Morgan fingerprint density at radius 3 is 2.96 bits per heavy atom. The maximum Gasteiger partial charge on any atom is 0.358 e. The molecule has 1 aromatic carbocycles. The van der Waals surface area contributed by atoms with Gasteiger partial charge in [0.25, 0.3) is 0 Å². The van der Waals surface area contributed by atoms with Crippen molar-refractivity contribution in [3.05, 3.63) is 46.2 Å². The van der Waals surface area contributed by atoms with Crippen molar-refractivity contribution >= 4 is 27.8 Å². The van der Waals surface area contributed by atoms with Crippen LogP contribution in [-0.2, 0) is 16.1 Å². The van der Waals surface area contributed by atoms with Crippen molar-refractivity contribution in [2.24, 2.45) is 0 Å². The first kappa shape index (κ1) is 16.6. The maximum absolute atomic E-state index is 12.4. The molecule has 1 amide bonds. The van der Waals surface area contributed by atoms with Gasteiger partial charge in [-0.3, -0.25) is 4.79 Å². The van der Waals surface area contributed by atoms with Gasteiger partial charge < -0.3 is 14.7 Å². The normalized spacial score (nSPS) is 17.7. The number of halogens is 1. The first-order chi connectivity index (χ1) is 11.5. The van der Waals surface area contributed by atoms with Crippen molar-refractivity contribution < 1.29 is 19.4 Å². The predicted molar refractivity (Wildman–Crippen MR) is 86.4 cm³/mol. The van der Waals surface area contributed by atoms with E-state index in [1.54, 1.807) is 4.90 Å². The predicted octanol–water partition coefficient (Wildman–Crippen LogP) is 1.34. The minimum atomic E-state index is -1.17. The van der Waals surface area contributed by atoms with E-state index in [9.17, 15) is 9.59 Å². The average Bonchev–Trinajstić information content (AvgIpc) is 3.04. The van der Waals surface area contributed by atoms with Crippen LogP contribution in [0.4, 0.5) is 0 Å². The second-order valence-electron chi connectivity index (χ2n) is 5.36. The third-order valence-electron chi connectivity index (χ3n) is 3.69. The number of benzene rings is 1. The number of carbonyl (C=O) groups excluding carboxylic acids is 1. The lowest BCUT2D eigenvalue weighted by molar-refractivity contribution is -0.139. The van der Waals surface area contributed by atoms with Crippen molar-refractivity contribution in [1.29, 1.82) is 0 Å². The zero-order valence-corrected chi connectivity index (χ0v) is 14.2. The van der Waals surface area contributed by atoms with Gasteiger partial charge in [-0.15, -0.1) is 5.10 Å². The highest BCUT2D eigenvalue weighted by molar-refractivity contribution is 9.10. The summed E-state index contributed by atoms with van der Waals surface area (Å²) in [5, 5.41) is 16.0. The van der Waals surface area contributed by atoms with Crippen molar-refractivity contribution in [2.75, 3.05) is 19.7 Å². The van der Waals surface area contributed by atoms with Crippen LogP contribution in [0.25, 0.3) is 0 Å². The molecule has 0 radical (unpaired) electrons. The average molecular weight is 395 g/mol. The molecule has 0 bridgehead atoms. The molecule has 8 nitrogen and oxygen atoms in total. The Hall–Kier alpha value is -2.26. The highest BCUT2D eigenvalue weighted by Crippen LogP contribution is 2.24. The molecule has 1 aromatic heterocycles. The van der Waals surface area contributed by atoms with E-state index in [1.807, 2.05) is 24.3 Å². The molecule has 1 atom stereocenters. The van der Waals surface area contributed by atoms with Gasteiger partial charge in [-0.1, -0.05) is 33.3 Å². The van der Waals surface area contributed by atoms with Gasteiger partial charge >= 0.3 is 5.97 Å². The van der Waals surface area contributed by atoms with Crippen LogP contribution in [0.3, 0.4) is 0 Å². The third-order valence-corrected chi connectivity index (χ3v) is 4.19. The van der Waals surface area contributed by atoms with Gasteiger partial charge in [0.15, 0.2) is 5.69 Å². The van der Waals surface area contributed by atoms with Crippen molar-refractivity contribution in [3.63, 3.8) is 0 Å². The largest absolute Gasteiger partial charge is 0.476 e. The zero-order valence-electron chi connectivity index (χ0n) is 12.6. The number of nitrogens with zero attached hydrogens (tertiary/aromatic N) is 4. The van der Waals surface area contributed by atoms with E-state index in [4.69, 9.17) is 9.84 Å². The van der Waals surface area contributed by atoms with Crippen LogP contribution in [0.15, 0.2) is 34.9 Å². The fraction of sp³-hybridized carbons (Fsp3) is 0.333. The van der Waals surface area contributed by atoms with Crippen molar-refractivity contribution in [3.8, 4) is 0 Å². The number of rotatable bonds is 4. The summed E-state index contributed by atoms with van der Waals surface area (Å²) in [5.74, 6) is -1.32. The molecule has 0 aliphatic carbocycles. The molecule has 0 spiro atoms. The lowest BCUT2D eigenvalue weighted by Gasteiger charge is -2.33. The molecule has 1 aliphatic rings. The minimum Gasteiger partial charge on any atom is -0.476 e. The molecule has 1 saturated heterocycles. The number of carbonyl (C=O) groups is 2. The number of amides is 1. The van der Waals surface area contributed by atoms with E-state index in [0.717, 1.165) is 10.0 Å². The Bertz CT molecular complexity index is 763. The standard InChI is InChI=1S/C15H15BrN4O4/c16-11-3-1-2-10(6-11)13-8-19(4-5-24-13)14(21)9-20-7-12(15(22)23)17-18-20/h1-3,6-7,13H,4-5,8-9H2,(H,22,23). The molecular formula is C15H15BrN4O4. The summed E-state index contributed by atoms with van der Waals surface area (Å²) in [6.45, 7) is 1.33. The third kappa shape index (κ3) is 3.80. The molecule has 1 N–H and O–H groups in total. The molecule has 1 aliphatic heterocycles. The molecule has 0 saturated carbocycles.